The first-order valence-electron chi connectivity index (χ1n) is 4.79. The Balaban J connectivity index is 2.36. The fourth-order valence-electron chi connectivity index (χ4n) is 1.41. The molecule has 0 spiro atoms. The highest BCUT2D eigenvalue weighted by molar-refractivity contribution is 8.00. The lowest BCUT2D eigenvalue weighted by Crippen LogP contribution is -2.37. The Morgan fingerprint density at radius 3 is 2.77 bits per heavy atom. The number of nitrogens with one attached hydrogen (secondary N) is 1. The second-order valence-electron chi connectivity index (χ2n) is 3.85. The van der Waals surface area contributed by atoms with Crippen LogP contribution in [0.4, 0.5) is 0 Å². The zero-order valence-corrected chi connectivity index (χ0v) is 9.40. The topological polar surface area (TPSA) is 50.4 Å². The molecule has 0 radical (unpaired) electrons. The van der Waals surface area contributed by atoms with Crippen LogP contribution in [0.1, 0.15) is 27.2 Å². The molecule has 0 saturated carbocycles. The third-order valence-corrected chi connectivity index (χ3v) is 3.27. The first-order chi connectivity index (χ1) is 6.08. The minimum atomic E-state index is 0.371. The highest BCUT2D eigenvalue weighted by Gasteiger charge is 2.21. The monoisotopic (exact) mass is 201 g/mol. The lowest BCUT2D eigenvalue weighted by molar-refractivity contribution is 0.679. The molecule has 3 nitrogen and oxygen atoms in total. The van der Waals surface area contributed by atoms with E-state index in [1.54, 1.807) is 0 Å². The second-order valence-corrected chi connectivity index (χ2v) is 5.32. The first-order valence-corrected chi connectivity index (χ1v) is 5.84. The Hall–Kier alpha value is -0.380. The summed E-state index contributed by atoms with van der Waals surface area (Å²) in [5.74, 6) is 1.71. The van der Waals surface area contributed by atoms with Gasteiger partial charge in [-0.05, 0) is 20.3 Å². The van der Waals surface area contributed by atoms with Gasteiger partial charge in [0.25, 0.3) is 0 Å². The standard InChI is InChI=1S/C9H19N3S/c1-6(2)11-9(10)12-8-4-7(3)13-5-8/h6-8H,4-5H2,1-3H3,(H3,10,11,12). The molecule has 0 amide bonds. The van der Waals surface area contributed by atoms with Crippen LogP contribution in [0, 0.1) is 0 Å². The second kappa shape index (κ2) is 4.74. The van der Waals surface area contributed by atoms with Crippen molar-refractivity contribution in [2.75, 3.05) is 5.75 Å². The maximum Gasteiger partial charge on any atom is 0.189 e. The molecule has 13 heavy (non-hydrogen) atoms. The van der Waals surface area contributed by atoms with Crippen molar-refractivity contribution < 1.29 is 0 Å². The maximum atomic E-state index is 5.73. The van der Waals surface area contributed by atoms with E-state index in [2.05, 4.69) is 31.1 Å². The van der Waals surface area contributed by atoms with Gasteiger partial charge in [0.1, 0.15) is 0 Å². The fraction of sp³-hybridized carbons (Fsp3) is 0.889. The number of guanidine groups is 1. The Bertz CT molecular complexity index is 191. The quantitative estimate of drug-likeness (QED) is 0.521. The summed E-state index contributed by atoms with van der Waals surface area (Å²) in [6, 6.07) is 0.793. The predicted octanol–water partition coefficient (Wildman–Crippen LogP) is 1.19. The van der Waals surface area contributed by atoms with Gasteiger partial charge in [0.2, 0.25) is 0 Å². The Morgan fingerprint density at radius 2 is 2.31 bits per heavy atom. The molecule has 0 aromatic heterocycles. The van der Waals surface area contributed by atoms with Crippen LogP contribution < -0.4 is 11.1 Å². The van der Waals surface area contributed by atoms with Crippen molar-refractivity contribution in [2.45, 2.75) is 44.5 Å². The minimum absolute atomic E-state index is 0.371. The van der Waals surface area contributed by atoms with Crippen LogP contribution in [0.15, 0.2) is 4.99 Å². The van der Waals surface area contributed by atoms with Crippen molar-refractivity contribution in [1.82, 2.24) is 5.32 Å². The van der Waals surface area contributed by atoms with Gasteiger partial charge in [-0.2, -0.15) is 11.8 Å². The summed E-state index contributed by atoms with van der Waals surface area (Å²) in [6.07, 6.45) is 1.16. The van der Waals surface area contributed by atoms with Crippen molar-refractivity contribution in [3.8, 4) is 0 Å². The van der Waals surface area contributed by atoms with Crippen LogP contribution in [-0.2, 0) is 0 Å². The SMILES string of the molecule is CC(C)NC(N)=NC1CSC(C)C1. The minimum Gasteiger partial charge on any atom is -0.370 e. The molecule has 1 fully saturated rings. The number of hydrogen-bond donors (Lipinski definition) is 2. The number of nitrogens with two attached hydrogens (primary N) is 1. The van der Waals surface area contributed by atoms with Gasteiger partial charge in [-0.1, -0.05) is 6.92 Å². The van der Waals surface area contributed by atoms with Gasteiger partial charge < -0.3 is 11.1 Å². The molecular weight excluding hydrogens is 182 g/mol. The zero-order chi connectivity index (χ0) is 9.84. The maximum absolute atomic E-state index is 5.73. The van der Waals surface area contributed by atoms with Crippen LogP contribution in [0.2, 0.25) is 0 Å². The van der Waals surface area contributed by atoms with Crippen LogP contribution in [0.5, 0.6) is 0 Å². The van der Waals surface area contributed by atoms with E-state index in [1.165, 1.54) is 0 Å². The largest absolute Gasteiger partial charge is 0.370 e. The molecular formula is C9H19N3S. The smallest absolute Gasteiger partial charge is 0.189 e. The molecule has 1 heterocycles. The van der Waals surface area contributed by atoms with Crippen LogP contribution >= 0.6 is 11.8 Å². The summed E-state index contributed by atoms with van der Waals surface area (Å²) in [6.45, 7) is 6.37. The van der Waals surface area contributed by atoms with Gasteiger partial charge in [0.15, 0.2) is 5.96 Å². The van der Waals surface area contributed by atoms with E-state index in [1.807, 2.05) is 11.8 Å². The van der Waals surface area contributed by atoms with Crippen molar-refractivity contribution in [3.05, 3.63) is 0 Å². The zero-order valence-electron chi connectivity index (χ0n) is 8.58. The van der Waals surface area contributed by atoms with Crippen LogP contribution in [0.3, 0.4) is 0 Å². The highest BCUT2D eigenvalue weighted by Crippen LogP contribution is 2.27. The lowest BCUT2D eigenvalue weighted by Gasteiger charge is -2.10. The average Bonchev–Trinajstić information content (AvgIpc) is 2.33. The van der Waals surface area contributed by atoms with Crippen molar-refractivity contribution in [3.63, 3.8) is 0 Å². The van der Waals surface area contributed by atoms with Crippen molar-refractivity contribution in [1.29, 1.82) is 0 Å². The Labute approximate surface area is 84.6 Å². The van der Waals surface area contributed by atoms with E-state index in [-0.39, 0.29) is 0 Å². The molecule has 76 valence electrons. The summed E-state index contributed by atoms with van der Waals surface area (Å²) in [5, 5.41) is 3.84. The number of aliphatic imine (C=N–C) groups is 1. The normalized spacial score (nSPS) is 29.7. The van der Waals surface area contributed by atoms with E-state index < -0.39 is 0 Å². The summed E-state index contributed by atoms with van der Waals surface area (Å²) in [5.41, 5.74) is 5.73. The molecule has 4 heteroatoms. The van der Waals surface area contributed by atoms with E-state index in [0.29, 0.717) is 18.0 Å². The number of rotatable bonds is 2. The van der Waals surface area contributed by atoms with E-state index in [0.717, 1.165) is 17.4 Å². The molecule has 0 aromatic carbocycles. The number of hydrogen-bond acceptors (Lipinski definition) is 2. The van der Waals surface area contributed by atoms with Crippen LogP contribution in [-0.4, -0.2) is 29.0 Å². The molecule has 1 aliphatic heterocycles. The average molecular weight is 201 g/mol. The summed E-state index contributed by atoms with van der Waals surface area (Å²) in [4.78, 5) is 4.43. The molecule has 0 aliphatic carbocycles. The van der Waals surface area contributed by atoms with Crippen LogP contribution in [0.25, 0.3) is 0 Å². The molecule has 1 rings (SSSR count). The Kier molecular flexibility index (Phi) is 3.90. The third-order valence-electron chi connectivity index (χ3n) is 1.94. The van der Waals surface area contributed by atoms with Gasteiger partial charge in [-0.15, -0.1) is 0 Å². The lowest BCUT2D eigenvalue weighted by atomic mass is 10.2. The number of thioether (sulfide) groups is 1. The number of nitrogens with zero attached hydrogens (tertiary/aromatic N) is 1. The van der Waals surface area contributed by atoms with E-state index >= 15 is 0 Å². The van der Waals surface area contributed by atoms with Gasteiger partial charge in [-0.25, -0.2) is 4.99 Å². The van der Waals surface area contributed by atoms with Gasteiger partial charge in [0.05, 0.1) is 6.04 Å². The summed E-state index contributed by atoms with van der Waals surface area (Å²) in [7, 11) is 0. The molecule has 2 atom stereocenters. The molecule has 2 unspecified atom stereocenters. The molecule has 0 bridgehead atoms. The predicted molar refractivity (Wildman–Crippen MR) is 60.2 cm³/mol. The third kappa shape index (κ3) is 3.89. The Morgan fingerprint density at radius 1 is 1.62 bits per heavy atom. The van der Waals surface area contributed by atoms with Gasteiger partial charge in [-0.3, -0.25) is 0 Å². The fourth-order valence-corrected chi connectivity index (χ4v) is 2.53. The van der Waals surface area contributed by atoms with Crippen molar-refractivity contribution in [2.24, 2.45) is 10.7 Å². The summed E-state index contributed by atoms with van der Waals surface area (Å²) < 4.78 is 0. The molecule has 1 saturated heterocycles. The van der Waals surface area contributed by atoms with Gasteiger partial charge >= 0.3 is 0 Å². The van der Waals surface area contributed by atoms with E-state index in [4.69, 9.17) is 5.73 Å². The van der Waals surface area contributed by atoms with Gasteiger partial charge in [0, 0.05) is 17.0 Å². The van der Waals surface area contributed by atoms with E-state index in [9.17, 15) is 0 Å². The van der Waals surface area contributed by atoms with Crippen molar-refractivity contribution >= 4 is 17.7 Å². The molecule has 0 aromatic rings. The summed E-state index contributed by atoms with van der Waals surface area (Å²) >= 11 is 1.98. The highest BCUT2D eigenvalue weighted by atomic mass is 32.2. The molecule has 1 aliphatic rings. The first kappa shape index (κ1) is 10.7. The molecule has 3 N–H and O–H groups in total.